The Kier molecular flexibility index (Phi) is 2.96. The third-order valence-corrected chi connectivity index (χ3v) is 3.54. The predicted molar refractivity (Wildman–Crippen MR) is 74.1 cm³/mol. The first kappa shape index (κ1) is 12.7. The minimum absolute atomic E-state index is 0.138. The molecular formula is C14H9NO4S. The topological polar surface area (TPSA) is 83.5 Å². The number of fused-ring (bicyclic) bond motifs is 2. The van der Waals surface area contributed by atoms with E-state index >= 15 is 0 Å². The Morgan fingerprint density at radius 1 is 0.850 bits per heavy atom. The average Bonchev–Trinajstić information content (AvgIpc) is 2.44. The maximum absolute atomic E-state index is 12.5. The molecule has 0 aliphatic heterocycles. The summed E-state index contributed by atoms with van der Waals surface area (Å²) in [6, 6.07) is 11.1. The van der Waals surface area contributed by atoms with Crippen LogP contribution < -0.4 is 4.72 Å². The van der Waals surface area contributed by atoms with E-state index < -0.39 is 11.3 Å². The lowest BCUT2D eigenvalue weighted by Gasteiger charge is -2.19. The van der Waals surface area contributed by atoms with Gasteiger partial charge >= 0.3 is 0 Å². The summed E-state index contributed by atoms with van der Waals surface area (Å²) in [7, 11) is 0. The number of rotatable bonds is 2. The van der Waals surface area contributed by atoms with E-state index in [1.54, 1.807) is 30.3 Å². The molecule has 0 fully saturated rings. The van der Waals surface area contributed by atoms with Crippen LogP contribution in [0.25, 0.3) is 0 Å². The zero-order valence-electron chi connectivity index (χ0n) is 10.1. The van der Waals surface area contributed by atoms with Crippen molar-refractivity contribution in [1.82, 2.24) is 0 Å². The fraction of sp³-hybridized carbons (Fsp3) is 0. The quantitative estimate of drug-likeness (QED) is 0.706. The maximum Gasteiger partial charge on any atom is 0.259 e. The number of hydrogen-bond donors (Lipinski definition) is 2. The molecule has 0 radical (unpaired) electrons. The SMILES string of the molecule is O=C1c2ccccc2C(=O)c2c(NS(=O)O)cccc21. The van der Waals surface area contributed by atoms with Crippen LogP contribution in [0.4, 0.5) is 5.69 Å². The van der Waals surface area contributed by atoms with Crippen molar-refractivity contribution in [3.8, 4) is 0 Å². The molecule has 1 atom stereocenters. The van der Waals surface area contributed by atoms with Crippen molar-refractivity contribution >= 4 is 28.5 Å². The largest absolute Gasteiger partial charge is 0.289 e. The number of ketones is 2. The van der Waals surface area contributed by atoms with Gasteiger partial charge in [-0.25, -0.2) is 4.21 Å². The lowest BCUT2D eigenvalue weighted by molar-refractivity contribution is 0.0979. The molecule has 1 aliphatic carbocycles. The minimum Gasteiger partial charge on any atom is -0.289 e. The second kappa shape index (κ2) is 4.66. The number of benzene rings is 2. The van der Waals surface area contributed by atoms with Crippen LogP contribution in [0.5, 0.6) is 0 Å². The molecule has 20 heavy (non-hydrogen) atoms. The van der Waals surface area contributed by atoms with Crippen LogP contribution in [-0.4, -0.2) is 20.3 Å². The van der Waals surface area contributed by atoms with Crippen LogP contribution in [0.3, 0.4) is 0 Å². The highest BCUT2D eigenvalue weighted by atomic mass is 32.2. The summed E-state index contributed by atoms with van der Waals surface area (Å²) >= 11 is -2.31. The number of hydrogen-bond acceptors (Lipinski definition) is 3. The Labute approximate surface area is 117 Å². The van der Waals surface area contributed by atoms with Gasteiger partial charge in [0.25, 0.3) is 11.3 Å². The summed E-state index contributed by atoms with van der Waals surface area (Å²) < 4.78 is 22.1. The van der Waals surface area contributed by atoms with Gasteiger partial charge in [-0.3, -0.25) is 18.9 Å². The number of carbonyl (C=O) groups excluding carboxylic acids is 2. The zero-order chi connectivity index (χ0) is 14.3. The van der Waals surface area contributed by atoms with Gasteiger partial charge in [-0.1, -0.05) is 36.4 Å². The molecule has 0 aromatic heterocycles. The van der Waals surface area contributed by atoms with Crippen LogP contribution >= 0.6 is 0 Å². The number of anilines is 1. The summed E-state index contributed by atoms with van der Waals surface area (Å²) in [6.07, 6.45) is 0. The van der Waals surface area contributed by atoms with Crippen molar-refractivity contribution in [1.29, 1.82) is 0 Å². The van der Waals surface area contributed by atoms with Gasteiger partial charge in [0.05, 0.1) is 11.3 Å². The van der Waals surface area contributed by atoms with E-state index in [1.165, 1.54) is 12.1 Å². The monoisotopic (exact) mass is 287 g/mol. The molecule has 6 heteroatoms. The van der Waals surface area contributed by atoms with Crippen molar-refractivity contribution < 1.29 is 18.4 Å². The van der Waals surface area contributed by atoms with Crippen LogP contribution in [0.2, 0.25) is 0 Å². The smallest absolute Gasteiger partial charge is 0.259 e. The van der Waals surface area contributed by atoms with E-state index in [9.17, 15) is 13.8 Å². The van der Waals surface area contributed by atoms with Gasteiger partial charge in [0.2, 0.25) is 0 Å². The highest BCUT2D eigenvalue weighted by molar-refractivity contribution is 7.80. The normalized spacial score (nSPS) is 14.4. The van der Waals surface area contributed by atoms with E-state index in [0.717, 1.165) is 0 Å². The molecule has 2 aromatic rings. The molecule has 1 aliphatic rings. The highest BCUT2D eigenvalue weighted by Gasteiger charge is 2.31. The second-order valence-corrected chi connectivity index (χ2v) is 4.99. The molecule has 3 rings (SSSR count). The van der Waals surface area contributed by atoms with E-state index in [1.807, 2.05) is 0 Å². The van der Waals surface area contributed by atoms with Crippen LogP contribution in [0.15, 0.2) is 42.5 Å². The molecule has 2 N–H and O–H groups in total. The van der Waals surface area contributed by atoms with Gasteiger partial charge in [0.1, 0.15) is 0 Å². The Hall–Kier alpha value is -2.31. The van der Waals surface area contributed by atoms with Crippen molar-refractivity contribution in [3.05, 3.63) is 64.7 Å². The number of nitrogens with one attached hydrogen (secondary N) is 1. The molecule has 0 bridgehead atoms. The first-order valence-electron chi connectivity index (χ1n) is 5.78. The average molecular weight is 287 g/mol. The third-order valence-electron chi connectivity index (χ3n) is 3.15. The van der Waals surface area contributed by atoms with E-state index in [4.69, 9.17) is 4.55 Å². The fourth-order valence-electron chi connectivity index (χ4n) is 2.32. The number of carbonyl (C=O) groups is 2. The molecular weight excluding hydrogens is 278 g/mol. The fourth-order valence-corrected chi connectivity index (χ4v) is 2.68. The van der Waals surface area contributed by atoms with E-state index in [-0.39, 0.29) is 28.4 Å². The van der Waals surface area contributed by atoms with E-state index in [2.05, 4.69) is 4.72 Å². The molecule has 0 saturated carbocycles. The van der Waals surface area contributed by atoms with Crippen LogP contribution in [-0.2, 0) is 11.3 Å². The second-order valence-electron chi connectivity index (χ2n) is 4.28. The zero-order valence-corrected chi connectivity index (χ0v) is 10.9. The Morgan fingerprint density at radius 3 is 2.10 bits per heavy atom. The van der Waals surface area contributed by atoms with Crippen molar-refractivity contribution in [2.75, 3.05) is 4.72 Å². The highest BCUT2D eigenvalue weighted by Crippen LogP contribution is 2.31. The standard InChI is InChI=1S/C14H9NO4S/c16-13-8-4-1-2-5-9(8)14(17)12-10(13)6-3-7-11(12)15-20(18)19/h1-7,15H,(H,18,19). The summed E-state index contributed by atoms with van der Waals surface area (Å²) in [5.74, 6) is -0.591. The first-order valence-corrected chi connectivity index (χ1v) is 6.89. The van der Waals surface area contributed by atoms with Gasteiger partial charge in [0, 0.05) is 16.7 Å². The lowest BCUT2D eigenvalue weighted by atomic mass is 9.83. The molecule has 0 amide bonds. The summed E-state index contributed by atoms with van der Waals surface area (Å²) in [5, 5.41) is 0. The molecule has 0 spiro atoms. The third kappa shape index (κ3) is 1.86. The molecule has 100 valence electrons. The molecule has 5 nitrogen and oxygen atoms in total. The van der Waals surface area contributed by atoms with Gasteiger partial charge in [-0.2, -0.15) is 0 Å². The van der Waals surface area contributed by atoms with Gasteiger partial charge < -0.3 is 0 Å². The van der Waals surface area contributed by atoms with E-state index in [0.29, 0.717) is 11.1 Å². The maximum atomic E-state index is 12.5. The molecule has 0 heterocycles. The van der Waals surface area contributed by atoms with Crippen molar-refractivity contribution in [3.63, 3.8) is 0 Å². The summed E-state index contributed by atoms with van der Waals surface area (Å²) in [6.45, 7) is 0. The molecule has 2 aromatic carbocycles. The Bertz CT molecular complexity index is 770. The molecule has 1 unspecified atom stereocenters. The minimum atomic E-state index is -2.31. The van der Waals surface area contributed by atoms with Gasteiger partial charge in [-0.05, 0) is 6.07 Å². The summed E-state index contributed by atoms with van der Waals surface area (Å²) in [5.41, 5.74) is 1.22. The first-order chi connectivity index (χ1) is 9.59. The van der Waals surface area contributed by atoms with Crippen molar-refractivity contribution in [2.45, 2.75) is 0 Å². The van der Waals surface area contributed by atoms with Crippen LogP contribution in [0, 0.1) is 0 Å². The predicted octanol–water partition coefficient (Wildman–Crippen LogP) is 2.01. The summed E-state index contributed by atoms with van der Waals surface area (Å²) in [4.78, 5) is 24.9. The van der Waals surface area contributed by atoms with Gasteiger partial charge in [0.15, 0.2) is 11.6 Å². The Morgan fingerprint density at radius 2 is 1.45 bits per heavy atom. The lowest BCUT2D eigenvalue weighted by Crippen LogP contribution is -2.22. The van der Waals surface area contributed by atoms with Crippen molar-refractivity contribution in [2.24, 2.45) is 0 Å². The van der Waals surface area contributed by atoms with Crippen LogP contribution in [0.1, 0.15) is 31.8 Å². The Balaban J connectivity index is 2.25. The molecule has 0 saturated heterocycles. The van der Waals surface area contributed by atoms with Gasteiger partial charge in [-0.15, -0.1) is 0 Å².